The third-order valence-electron chi connectivity index (χ3n) is 2.69. The largest absolute Gasteiger partial charge is 0.294 e. The van der Waals surface area contributed by atoms with E-state index in [9.17, 15) is 9.18 Å². The molecule has 0 aliphatic rings. The number of hydrogen-bond donors (Lipinski definition) is 0. The topological polar surface area (TPSA) is 30.0 Å². The molecule has 0 fully saturated rings. The molecule has 82 valence electrons. The van der Waals surface area contributed by atoms with Crippen molar-refractivity contribution in [3.63, 3.8) is 0 Å². The van der Waals surface area contributed by atoms with Gasteiger partial charge < -0.3 is 0 Å². The Morgan fingerprint density at radius 3 is 2.50 bits per heavy atom. The van der Waals surface area contributed by atoms with Crippen molar-refractivity contribution in [2.24, 2.45) is 0 Å². The van der Waals surface area contributed by atoms with Gasteiger partial charge in [-0.3, -0.25) is 9.78 Å². The van der Waals surface area contributed by atoms with Crippen LogP contribution in [0.3, 0.4) is 0 Å². The Balaban J connectivity index is 2.95. The summed E-state index contributed by atoms with van der Waals surface area (Å²) in [6.45, 7) is 5.12. The predicted octanol–water partition coefficient (Wildman–Crippen LogP) is 3.19. The Hall–Kier alpha value is -1.77. The zero-order chi connectivity index (χ0) is 11.9. The summed E-state index contributed by atoms with van der Waals surface area (Å²) in [5.41, 5.74) is 2.03. The van der Waals surface area contributed by atoms with E-state index >= 15 is 0 Å². The summed E-state index contributed by atoms with van der Waals surface area (Å²) < 4.78 is 13.1. The molecule has 0 amide bonds. The molecule has 2 aromatic rings. The monoisotopic (exact) mass is 217 g/mol. The molecule has 1 heterocycles. The molecule has 16 heavy (non-hydrogen) atoms. The van der Waals surface area contributed by atoms with E-state index in [0.717, 1.165) is 11.1 Å². The summed E-state index contributed by atoms with van der Waals surface area (Å²) in [6, 6.07) is 4.43. The van der Waals surface area contributed by atoms with Crippen molar-refractivity contribution >= 4 is 16.6 Å². The van der Waals surface area contributed by atoms with Gasteiger partial charge in [-0.2, -0.15) is 0 Å². The molecule has 1 aromatic carbocycles. The van der Waals surface area contributed by atoms with E-state index in [-0.39, 0.29) is 11.6 Å². The molecular formula is C13H12FNO. The first kappa shape index (κ1) is 10.7. The fourth-order valence-electron chi connectivity index (χ4n) is 2.04. The van der Waals surface area contributed by atoms with Gasteiger partial charge in [-0.15, -0.1) is 0 Å². The molecule has 0 atom stereocenters. The Morgan fingerprint density at radius 2 is 1.88 bits per heavy atom. The van der Waals surface area contributed by atoms with Gasteiger partial charge in [0.15, 0.2) is 5.78 Å². The number of aromatic nitrogens is 1. The summed E-state index contributed by atoms with van der Waals surface area (Å²) in [5.74, 6) is -0.350. The normalized spacial score (nSPS) is 10.8. The van der Waals surface area contributed by atoms with E-state index in [1.54, 1.807) is 13.0 Å². The van der Waals surface area contributed by atoms with Crippen LogP contribution in [-0.2, 0) is 0 Å². The van der Waals surface area contributed by atoms with E-state index in [1.807, 2.05) is 6.92 Å². The average Bonchev–Trinajstić information content (AvgIpc) is 2.18. The summed E-state index contributed by atoms with van der Waals surface area (Å²) in [6.07, 6.45) is 0. The number of halogens is 1. The Kier molecular flexibility index (Phi) is 2.46. The molecule has 1 aromatic heterocycles. The number of aryl methyl sites for hydroxylation is 2. The van der Waals surface area contributed by atoms with Crippen molar-refractivity contribution < 1.29 is 9.18 Å². The first-order valence-electron chi connectivity index (χ1n) is 5.08. The van der Waals surface area contributed by atoms with Crippen molar-refractivity contribution in [1.82, 2.24) is 4.98 Å². The maximum Gasteiger partial charge on any atom is 0.162 e. The van der Waals surface area contributed by atoms with Gasteiger partial charge in [0.25, 0.3) is 0 Å². The third-order valence-corrected chi connectivity index (χ3v) is 2.69. The number of carbonyl (C=O) groups is 1. The molecule has 2 rings (SSSR count). The molecule has 0 saturated heterocycles. The Labute approximate surface area is 93.1 Å². The number of ketones is 1. The maximum atomic E-state index is 13.1. The summed E-state index contributed by atoms with van der Waals surface area (Å²) >= 11 is 0. The zero-order valence-electron chi connectivity index (χ0n) is 9.47. The highest BCUT2D eigenvalue weighted by molar-refractivity contribution is 6.08. The van der Waals surface area contributed by atoms with E-state index in [4.69, 9.17) is 0 Å². The number of fused-ring (bicyclic) bond motifs is 1. The van der Waals surface area contributed by atoms with Crippen LogP contribution in [0.4, 0.5) is 4.39 Å². The fraction of sp³-hybridized carbons (Fsp3) is 0.231. The van der Waals surface area contributed by atoms with Crippen LogP contribution in [0.15, 0.2) is 18.2 Å². The molecule has 0 saturated carbocycles. The van der Waals surface area contributed by atoms with Crippen molar-refractivity contribution in [3.8, 4) is 0 Å². The van der Waals surface area contributed by atoms with Gasteiger partial charge in [-0.25, -0.2) is 4.39 Å². The highest BCUT2D eigenvalue weighted by Crippen LogP contribution is 2.24. The van der Waals surface area contributed by atoms with Crippen molar-refractivity contribution in [2.75, 3.05) is 0 Å². The van der Waals surface area contributed by atoms with Gasteiger partial charge >= 0.3 is 0 Å². The summed E-state index contributed by atoms with van der Waals surface area (Å²) in [4.78, 5) is 15.8. The van der Waals surface area contributed by atoms with Gasteiger partial charge in [-0.05, 0) is 38.3 Å². The van der Waals surface area contributed by atoms with Crippen molar-refractivity contribution in [2.45, 2.75) is 20.8 Å². The molecular weight excluding hydrogens is 205 g/mol. The average molecular weight is 217 g/mol. The second-order valence-corrected chi connectivity index (χ2v) is 3.90. The number of carbonyl (C=O) groups excluding carboxylic acids is 1. The van der Waals surface area contributed by atoms with Gasteiger partial charge in [-0.1, -0.05) is 6.07 Å². The lowest BCUT2D eigenvalue weighted by molar-refractivity contribution is 0.101. The van der Waals surface area contributed by atoms with E-state index in [0.29, 0.717) is 16.6 Å². The number of pyridine rings is 1. The number of benzene rings is 1. The first-order valence-corrected chi connectivity index (χ1v) is 5.08. The van der Waals surface area contributed by atoms with Crippen molar-refractivity contribution in [3.05, 3.63) is 41.0 Å². The minimum atomic E-state index is -0.309. The van der Waals surface area contributed by atoms with E-state index in [1.165, 1.54) is 19.1 Å². The lowest BCUT2D eigenvalue weighted by Crippen LogP contribution is -2.02. The predicted molar refractivity (Wildman–Crippen MR) is 61.2 cm³/mol. The molecule has 3 heteroatoms. The van der Waals surface area contributed by atoms with E-state index in [2.05, 4.69) is 4.98 Å². The number of hydrogen-bond acceptors (Lipinski definition) is 2. The highest BCUT2D eigenvalue weighted by atomic mass is 19.1. The summed E-state index contributed by atoms with van der Waals surface area (Å²) in [7, 11) is 0. The molecule has 0 aliphatic heterocycles. The smallest absolute Gasteiger partial charge is 0.162 e. The van der Waals surface area contributed by atoms with Gasteiger partial charge in [0.2, 0.25) is 0 Å². The third kappa shape index (κ3) is 1.58. The second-order valence-electron chi connectivity index (χ2n) is 3.90. The molecule has 0 N–H and O–H groups in total. The molecule has 0 bridgehead atoms. The highest BCUT2D eigenvalue weighted by Gasteiger charge is 2.13. The number of nitrogens with zero attached hydrogens (tertiary/aromatic N) is 1. The first-order chi connectivity index (χ1) is 7.50. The second kappa shape index (κ2) is 3.67. The van der Waals surface area contributed by atoms with Gasteiger partial charge in [0, 0.05) is 22.3 Å². The Bertz CT molecular complexity index is 590. The minimum Gasteiger partial charge on any atom is -0.294 e. The van der Waals surface area contributed by atoms with Crippen LogP contribution in [0.2, 0.25) is 0 Å². The SMILES string of the molecule is CC(=O)c1c(C)nc(C)c2cc(F)ccc12. The Morgan fingerprint density at radius 1 is 1.19 bits per heavy atom. The lowest BCUT2D eigenvalue weighted by Gasteiger charge is -2.09. The van der Waals surface area contributed by atoms with Crippen molar-refractivity contribution in [1.29, 1.82) is 0 Å². The molecule has 0 radical (unpaired) electrons. The number of rotatable bonds is 1. The molecule has 0 unspecified atom stereocenters. The standard InChI is InChI=1S/C13H12FNO/c1-7-12-6-10(14)4-5-11(12)13(9(3)16)8(2)15-7/h4-6H,1-3H3. The van der Waals surface area contributed by atoms with Crippen LogP contribution in [0, 0.1) is 19.7 Å². The van der Waals surface area contributed by atoms with E-state index < -0.39 is 0 Å². The molecule has 2 nitrogen and oxygen atoms in total. The molecule has 0 aliphatic carbocycles. The van der Waals surface area contributed by atoms with Gasteiger partial charge in [0.05, 0.1) is 0 Å². The van der Waals surface area contributed by atoms with Crippen LogP contribution < -0.4 is 0 Å². The van der Waals surface area contributed by atoms with Gasteiger partial charge in [0.1, 0.15) is 5.82 Å². The lowest BCUT2D eigenvalue weighted by atomic mass is 10.00. The van der Waals surface area contributed by atoms with Crippen LogP contribution in [0.5, 0.6) is 0 Å². The van der Waals surface area contributed by atoms with Crippen LogP contribution >= 0.6 is 0 Å². The van der Waals surface area contributed by atoms with Crippen LogP contribution in [0.25, 0.3) is 10.8 Å². The quantitative estimate of drug-likeness (QED) is 0.686. The fourth-order valence-corrected chi connectivity index (χ4v) is 2.04. The minimum absolute atomic E-state index is 0.0402. The zero-order valence-corrected chi connectivity index (χ0v) is 9.47. The van der Waals surface area contributed by atoms with Crippen LogP contribution in [0.1, 0.15) is 28.7 Å². The number of Topliss-reactive ketones (excluding diaryl/α,β-unsaturated/α-hetero) is 1. The summed E-state index contributed by atoms with van der Waals surface area (Å²) in [5, 5.41) is 1.48. The maximum absolute atomic E-state index is 13.1. The van der Waals surface area contributed by atoms with Crippen LogP contribution in [-0.4, -0.2) is 10.8 Å². The molecule has 0 spiro atoms.